The van der Waals surface area contributed by atoms with Crippen LogP contribution in [0.3, 0.4) is 0 Å². The molecule has 0 bridgehead atoms. The van der Waals surface area contributed by atoms with E-state index in [1.54, 1.807) is 0 Å². The van der Waals surface area contributed by atoms with Crippen molar-refractivity contribution in [3.63, 3.8) is 0 Å². The minimum atomic E-state index is -0.353. The zero-order valence-corrected chi connectivity index (χ0v) is 10.5. The number of nitrogens with zero attached hydrogens (tertiary/aromatic N) is 3. The zero-order chi connectivity index (χ0) is 12.4. The first-order chi connectivity index (χ1) is 8.06. The van der Waals surface area contributed by atoms with Gasteiger partial charge in [0.15, 0.2) is 0 Å². The number of anilines is 2. The number of rotatable bonds is 2. The molecule has 2 heterocycles. The number of urea groups is 1. The van der Waals surface area contributed by atoms with Crippen LogP contribution in [0.15, 0.2) is 0 Å². The summed E-state index contributed by atoms with van der Waals surface area (Å²) in [6.07, 6.45) is 0. The van der Waals surface area contributed by atoms with Crippen LogP contribution in [0, 0.1) is 20.8 Å². The molecular formula is C9H12N6OS. The number of aromatic nitrogens is 4. The fourth-order valence-electron chi connectivity index (χ4n) is 1.32. The SMILES string of the molecule is Cc1nnc(NC(=O)Nc2c(C)n[nH]c2C)s1. The van der Waals surface area contributed by atoms with Crippen molar-refractivity contribution in [2.75, 3.05) is 10.6 Å². The number of carbonyl (C=O) groups excluding carboxylic acids is 1. The number of aryl methyl sites for hydroxylation is 3. The lowest BCUT2D eigenvalue weighted by Gasteiger charge is -2.04. The van der Waals surface area contributed by atoms with Gasteiger partial charge >= 0.3 is 6.03 Å². The van der Waals surface area contributed by atoms with E-state index in [2.05, 4.69) is 31.0 Å². The van der Waals surface area contributed by atoms with E-state index in [-0.39, 0.29) is 6.03 Å². The maximum atomic E-state index is 11.7. The molecule has 2 rings (SSSR count). The van der Waals surface area contributed by atoms with E-state index in [4.69, 9.17) is 0 Å². The van der Waals surface area contributed by atoms with Gasteiger partial charge < -0.3 is 5.32 Å². The number of nitrogens with one attached hydrogen (secondary N) is 3. The van der Waals surface area contributed by atoms with Crippen LogP contribution < -0.4 is 10.6 Å². The summed E-state index contributed by atoms with van der Waals surface area (Å²) in [5.41, 5.74) is 2.24. The molecule has 8 heteroatoms. The Morgan fingerprint density at radius 3 is 2.53 bits per heavy atom. The van der Waals surface area contributed by atoms with Gasteiger partial charge in [-0.25, -0.2) is 4.79 Å². The van der Waals surface area contributed by atoms with Crippen LogP contribution in [0.25, 0.3) is 0 Å². The van der Waals surface area contributed by atoms with E-state index in [0.717, 1.165) is 16.4 Å². The van der Waals surface area contributed by atoms with Crippen molar-refractivity contribution in [3.05, 3.63) is 16.4 Å². The monoisotopic (exact) mass is 252 g/mol. The average molecular weight is 252 g/mol. The minimum Gasteiger partial charge on any atom is -0.304 e. The minimum absolute atomic E-state index is 0.353. The summed E-state index contributed by atoms with van der Waals surface area (Å²) in [6.45, 7) is 5.48. The highest BCUT2D eigenvalue weighted by atomic mass is 32.1. The molecule has 0 aromatic carbocycles. The molecule has 0 fully saturated rings. The lowest BCUT2D eigenvalue weighted by atomic mass is 10.3. The standard InChI is InChI=1S/C9H12N6OS/c1-4-7(5(2)13-12-4)10-8(16)11-9-15-14-6(3)17-9/h1-3H3,(H,12,13)(H2,10,11,15,16). The van der Waals surface area contributed by atoms with Crippen LogP contribution >= 0.6 is 11.3 Å². The zero-order valence-electron chi connectivity index (χ0n) is 9.66. The quantitative estimate of drug-likeness (QED) is 0.759. The Morgan fingerprint density at radius 1 is 1.24 bits per heavy atom. The van der Waals surface area contributed by atoms with Crippen molar-refractivity contribution in [3.8, 4) is 0 Å². The van der Waals surface area contributed by atoms with Gasteiger partial charge in [-0.05, 0) is 20.8 Å². The Labute approximate surface area is 102 Å². The van der Waals surface area contributed by atoms with E-state index in [9.17, 15) is 4.79 Å². The Kier molecular flexibility index (Phi) is 3.05. The van der Waals surface area contributed by atoms with Crippen LogP contribution in [0.5, 0.6) is 0 Å². The lowest BCUT2D eigenvalue weighted by molar-refractivity contribution is 0.262. The molecule has 2 amide bonds. The Balaban J connectivity index is 2.03. The number of H-pyrrole nitrogens is 1. The number of hydrogen-bond acceptors (Lipinski definition) is 5. The van der Waals surface area contributed by atoms with Gasteiger partial charge in [-0.2, -0.15) is 5.10 Å². The summed E-state index contributed by atoms with van der Waals surface area (Å²) < 4.78 is 0. The normalized spacial score (nSPS) is 10.3. The summed E-state index contributed by atoms with van der Waals surface area (Å²) in [6, 6.07) is -0.353. The Morgan fingerprint density at radius 2 is 2.00 bits per heavy atom. The van der Waals surface area contributed by atoms with Gasteiger partial charge in [-0.15, -0.1) is 10.2 Å². The second-order valence-corrected chi connectivity index (χ2v) is 4.70. The Bertz CT molecular complexity index is 526. The van der Waals surface area contributed by atoms with Crippen molar-refractivity contribution < 1.29 is 4.79 Å². The van der Waals surface area contributed by atoms with E-state index in [1.165, 1.54) is 11.3 Å². The van der Waals surface area contributed by atoms with Gasteiger partial charge in [0, 0.05) is 0 Å². The third-order valence-electron chi connectivity index (χ3n) is 2.11. The predicted molar refractivity (Wildman–Crippen MR) is 65.3 cm³/mol. The smallest absolute Gasteiger partial charge is 0.304 e. The molecule has 0 aliphatic carbocycles. The molecule has 7 nitrogen and oxygen atoms in total. The average Bonchev–Trinajstić information content (AvgIpc) is 2.79. The van der Waals surface area contributed by atoms with Crippen molar-refractivity contribution in [1.29, 1.82) is 0 Å². The third kappa shape index (κ3) is 2.59. The molecule has 0 saturated carbocycles. The summed E-state index contributed by atoms with van der Waals surface area (Å²) in [5, 5.41) is 21.0. The van der Waals surface area contributed by atoms with Gasteiger partial charge in [0.05, 0.1) is 17.1 Å². The highest BCUT2D eigenvalue weighted by molar-refractivity contribution is 7.15. The number of amides is 2. The summed E-state index contributed by atoms with van der Waals surface area (Å²) in [7, 11) is 0. The summed E-state index contributed by atoms with van der Waals surface area (Å²) in [5.74, 6) is 0. The predicted octanol–water partition coefficient (Wildman–Crippen LogP) is 1.83. The molecule has 0 aliphatic heterocycles. The fourth-order valence-corrected chi connectivity index (χ4v) is 1.91. The van der Waals surface area contributed by atoms with E-state index in [1.807, 2.05) is 20.8 Å². The van der Waals surface area contributed by atoms with Crippen molar-refractivity contribution in [2.45, 2.75) is 20.8 Å². The molecule has 0 saturated heterocycles. The van der Waals surface area contributed by atoms with Gasteiger partial charge in [-0.3, -0.25) is 10.4 Å². The van der Waals surface area contributed by atoms with Crippen LogP contribution in [-0.4, -0.2) is 26.4 Å². The van der Waals surface area contributed by atoms with Gasteiger partial charge in [0.25, 0.3) is 0 Å². The number of aromatic amines is 1. The maximum Gasteiger partial charge on any atom is 0.325 e. The maximum absolute atomic E-state index is 11.7. The first kappa shape index (κ1) is 11.5. The van der Waals surface area contributed by atoms with Crippen LogP contribution in [0.1, 0.15) is 16.4 Å². The fraction of sp³-hybridized carbons (Fsp3) is 0.333. The largest absolute Gasteiger partial charge is 0.325 e. The third-order valence-corrected chi connectivity index (χ3v) is 2.87. The molecular weight excluding hydrogens is 240 g/mol. The summed E-state index contributed by atoms with van der Waals surface area (Å²) in [4.78, 5) is 11.7. The first-order valence-corrected chi connectivity index (χ1v) is 5.77. The molecule has 0 atom stereocenters. The summed E-state index contributed by atoms with van der Waals surface area (Å²) >= 11 is 1.32. The molecule has 2 aromatic heterocycles. The highest BCUT2D eigenvalue weighted by Gasteiger charge is 2.11. The van der Waals surface area contributed by atoms with Gasteiger partial charge in [0.2, 0.25) is 5.13 Å². The number of hydrogen-bond donors (Lipinski definition) is 3. The van der Waals surface area contributed by atoms with Crippen molar-refractivity contribution >= 4 is 28.2 Å². The molecule has 0 radical (unpaired) electrons. The Hall–Kier alpha value is -1.96. The molecule has 2 aromatic rings. The molecule has 0 spiro atoms. The molecule has 90 valence electrons. The second kappa shape index (κ2) is 4.50. The van der Waals surface area contributed by atoms with E-state index < -0.39 is 0 Å². The second-order valence-electron chi connectivity index (χ2n) is 3.51. The van der Waals surface area contributed by atoms with Crippen molar-refractivity contribution in [2.24, 2.45) is 0 Å². The molecule has 17 heavy (non-hydrogen) atoms. The van der Waals surface area contributed by atoms with E-state index >= 15 is 0 Å². The number of carbonyl (C=O) groups is 1. The van der Waals surface area contributed by atoms with Gasteiger partial charge in [-0.1, -0.05) is 11.3 Å². The first-order valence-electron chi connectivity index (χ1n) is 4.96. The lowest BCUT2D eigenvalue weighted by Crippen LogP contribution is -2.20. The topological polar surface area (TPSA) is 95.6 Å². The molecule has 0 aliphatic rings. The van der Waals surface area contributed by atoms with Crippen LogP contribution in [-0.2, 0) is 0 Å². The molecule has 3 N–H and O–H groups in total. The van der Waals surface area contributed by atoms with E-state index in [0.29, 0.717) is 10.8 Å². The van der Waals surface area contributed by atoms with Crippen molar-refractivity contribution in [1.82, 2.24) is 20.4 Å². The highest BCUT2D eigenvalue weighted by Crippen LogP contribution is 2.17. The van der Waals surface area contributed by atoms with Crippen LogP contribution in [0.4, 0.5) is 15.6 Å². The van der Waals surface area contributed by atoms with Gasteiger partial charge in [0.1, 0.15) is 5.01 Å². The molecule has 0 unspecified atom stereocenters. The van der Waals surface area contributed by atoms with Crippen LogP contribution in [0.2, 0.25) is 0 Å².